The first-order valence-corrected chi connectivity index (χ1v) is 6.55. The monoisotopic (exact) mass is 253 g/mol. The summed E-state index contributed by atoms with van der Waals surface area (Å²) in [6, 6.07) is 0. The van der Waals surface area contributed by atoms with E-state index in [9.17, 15) is 4.79 Å². The fourth-order valence-corrected chi connectivity index (χ4v) is 2.08. The van der Waals surface area contributed by atoms with E-state index in [4.69, 9.17) is 14.0 Å². The molecule has 0 amide bonds. The first-order valence-electron chi connectivity index (χ1n) is 6.55. The van der Waals surface area contributed by atoms with Crippen LogP contribution in [0.1, 0.15) is 48.0 Å². The van der Waals surface area contributed by atoms with E-state index < -0.39 is 0 Å². The molecule has 18 heavy (non-hydrogen) atoms. The lowest BCUT2D eigenvalue weighted by molar-refractivity contribution is 0.0440. The minimum absolute atomic E-state index is 0.362. The molecule has 0 aliphatic heterocycles. The maximum absolute atomic E-state index is 11.8. The van der Waals surface area contributed by atoms with Crippen LogP contribution in [0.15, 0.2) is 4.52 Å². The molecule has 0 saturated heterocycles. The number of nitrogens with zero attached hydrogens (tertiary/aromatic N) is 1. The third-order valence-corrected chi connectivity index (χ3v) is 3.01. The van der Waals surface area contributed by atoms with E-state index in [1.165, 1.54) is 0 Å². The van der Waals surface area contributed by atoms with Crippen LogP contribution in [-0.4, -0.2) is 30.9 Å². The Morgan fingerprint density at radius 3 is 3.00 bits per heavy atom. The average Bonchev–Trinajstić information content (AvgIpc) is 2.82. The molecular formula is C13H19NO4. The second-order valence-corrected chi connectivity index (χ2v) is 4.33. The van der Waals surface area contributed by atoms with Crippen molar-refractivity contribution in [1.82, 2.24) is 5.16 Å². The molecule has 0 radical (unpaired) electrons. The van der Waals surface area contributed by atoms with Gasteiger partial charge in [0.05, 0.1) is 6.61 Å². The number of aryl methyl sites for hydroxylation is 1. The van der Waals surface area contributed by atoms with Crippen LogP contribution in [0.2, 0.25) is 0 Å². The molecule has 5 heteroatoms. The lowest BCUT2D eigenvalue weighted by Gasteiger charge is -2.09. The lowest BCUT2D eigenvalue weighted by atomic mass is 9.96. The molecule has 5 nitrogen and oxygen atoms in total. The van der Waals surface area contributed by atoms with Gasteiger partial charge in [-0.25, -0.2) is 4.79 Å². The Labute approximate surface area is 106 Å². The highest BCUT2D eigenvalue weighted by Crippen LogP contribution is 2.24. The van der Waals surface area contributed by atoms with Gasteiger partial charge >= 0.3 is 5.97 Å². The molecule has 1 heterocycles. The van der Waals surface area contributed by atoms with Gasteiger partial charge in [-0.2, -0.15) is 0 Å². The largest absolute Gasteiger partial charge is 0.461 e. The van der Waals surface area contributed by atoms with Crippen LogP contribution in [0.25, 0.3) is 0 Å². The van der Waals surface area contributed by atoms with Gasteiger partial charge in [-0.05, 0) is 26.2 Å². The van der Waals surface area contributed by atoms with Crippen molar-refractivity contribution in [2.24, 2.45) is 0 Å². The van der Waals surface area contributed by atoms with E-state index >= 15 is 0 Å². The van der Waals surface area contributed by atoms with Crippen LogP contribution in [0, 0.1) is 0 Å². The van der Waals surface area contributed by atoms with E-state index in [0.29, 0.717) is 31.9 Å². The normalized spacial score (nSPS) is 14.3. The van der Waals surface area contributed by atoms with Crippen molar-refractivity contribution in [3.8, 4) is 0 Å². The van der Waals surface area contributed by atoms with Gasteiger partial charge in [0.1, 0.15) is 5.76 Å². The molecule has 0 saturated carbocycles. The van der Waals surface area contributed by atoms with Crippen molar-refractivity contribution in [1.29, 1.82) is 0 Å². The molecule has 100 valence electrons. The number of hydrogen-bond donors (Lipinski definition) is 0. The van der Waals surface area contributed by atoms with E-state index in [1.54, 1.807) is 0 Å². The average molecular weight is 253 g/mol. The third kappa shape index (κ3) is 3.10. The highest BCUT2D eigenvalue weighted by molar-refractivity contribution is 5.89. The van der Waals surface area contributed by atoms with Crippen LogP contribution in [0.5, 0.6) is 0 Å². The molecule has 1 aliphatic rings. The lowest BCUT2D eigenvalue weighted by Crippen LogP contribution is -2.12. The number of hydrogen-bond acceptors (Lipinski definition) is 5. The summed E-state index contributed by atoms with van der Waals surface area (Å²) in [4.78, 5) is 11.8. The van der Waals surface area contributed by atoms with Crippen molar-refractivity contribution in [2.75, 3.05) is 19.8 Å². The predicted molar refractivity (Wildman–Crippen MR) is 64.5 cm³/mol. The number of rotatable bonds is 6. The van der Waals surface area contributed by atoms with Gasteiger partial charge in [-0.3, -0.25) is 0 Å². The Kier molecular flexibility index (Phi) is 4.75. The standard InChI is InChI=1S/C13H19NO4/c1-2-16-8-5-9-17-13(15)12-10-6-3-4-7-11(10)18-14-12/h2-9H2,1H3. The van der Waals surface area contributed by atoms with Crippen molar-refractivity contribution in [2.45, 2.75) is 39.0 Å². The molecule has 0 unspecified atom stereocenters. The van der Waals surface area contributed by atoms with Crippen LogP contribution < -0.4 is 0 Å². The van der Waals surface area contributed by atoms with Gasteiger partial charge in [-0.15, -0.1) is 0 Å². The predicted octanol–water partition coefficient (Wildman–Crippen LogP) is 2.14. The quantitative estimate of drug-likeness (QED) is 0.574. The first kappa shape index (κ1) is 13.1. The highest BCUT2D eigenvalue weighted by atomic mass is 16.5. The number of carbonyl (C=O) groups excluding carboxylic acids is 1. The van der Waals surface area contributed by atoms with E-state index in [1.807, 2.05) is 6.92 Å². The number of aromatic nitrogens is 1. The minimum Gasteiger partial charge on any atom is -0.461 e. The topological polar surface area (TPSA) is 61.6 Å². The summed E-state index contributed by atoms with van der Waals surface area (Å²) >= 11 is 0. The van der Waals surface area contributed by atoms with Crippen LogP contribution in [-0.2, 0) is 22.3 Å². The van der Waals surface area contributed by atoms with Gasteiger partial charge < -0.3 is 14.0 Å². The van der Waals surface area contributed by atoms with Crippen LogP contribution in [0.4, 0.5) is 0 Å². The van der Waals surface area contributed by atoms with Crippen LogP contribution in [0.3, 0.4) is 0 Å². The fraction of sp³-hybridized carbons (Fsp3) is 0.692. The Balaban J connectivity index is 1.83. The zero-order valence-corrected chi connectivity index (χ0v) is 10.7. The summed E-state index contributed by atoms with van der Waals surface area (Å²) in [6.07, 6.45) is 4.63. The van der Waals surface area contributed by atoms with Gasteiger partial charge in [0.15, 0.2) is 5.69 Å². The Hall–Kier alpha value is -1.36. The second kappa shape index (κ2) is 6.54. The van der Waals surface area contributed by atoms with Gasteiger partial charge in [0.25, 0.3) is 0 Å². The Bertz CT molecular complexity index is 400. The number of fused-ring (bicyclic) bond motifs is 1. The fourth-order valence-electron chi connectivity index (χ4n) is 2.08. The molecule has 1 aromatic rings. The second-order valence-electron chi connectivity index (χ2n) is 4.33. The molecule has 0 fully saturated rings. The van der Waals surface area contributed by atoms with Crippen molar-refractivity contribution in [3.63, 3.8) is 0 Å². The smallest absolute Gasteiger partial charge is 0.360 e. The molecule has 0 bridgehead atoms. The Morgan fingerprint density at radius 1 is 1.33 bits per heavy atom. The summed E-state index contributed by atoms with van der Waals surface area (Å²) in [5.74, 6) is 0.473. The molecule has 2 rings (SSSR count). The van der Waals surface area contributed by atoms with E-state index in [2.05, 4.69) is 5.16 Å². The van der Waals surface area contributed by atoms with Crippen LogP contribution >= 0.6 is 0 Å². The number of carbonyl (C=O) groups is 1. The maximum atomic E-state index is 11.8. The summed E-state index contributed by atoms with van der Waals surface area (Å²) in [7, 11) is 0. The molecular weight excluding hydrogens is 234 g/mol. The maximum Gasteiger partial charge on any atom is 0.360 e. The SMILES string of the molecule is CCOCCCOC(=O)c1noc2c1CCCC2. The van der Waals surface area contributed by atoms with E-state index in [0.717, 1.165) is 37.0 Å². The summed E-state index contributed by atoms with van der Waals surface area (Å²) in [6.45, 7) is 3.60. The third-order valence-electron chi connectivity index (χ3n) is 3.01. The molecule has 0 atom stereocenters. The highest BCUT2D eigenvalue weighted by Gasteiger charge is 2.24. The Morgan fingerprint density at radius 2 is 2.17 bits per heavy atom. The van der Waals surface area contributed by atoms with Gasteiger partial charge in [0.2, 0.25) is 0 Å². The molecule has 0 spiro atoms. The van der Waals surface area contributed by atoms with E-state index in [-0.39, 0.29) is 5.97 Å². The molecule has 0 N–H and O–H groups in total. The number of ether oxygens (including phenoxy) is 2. The van der Waals surface area contributed by atoms with Crippen molar-refractivity contribution >= 4 is 5.97 Å². The summed E-state index contributed by atoms with van der Waals surface area (Å²) in [5.41, 5.74) is 1.30. The van der Waals surface area contributed by atoms with Crippen molar-refractivity contribution in [3.05, 3.63) is 17.0 Å². The van der Waals surface area contributed by atoms with Gasteiger partial charge in [-0.1, -0.05) is 5.16 Å². The number of esters is 1. The summed E-state index contributed by atoms with van der Waals surface area (Å²) in [5, 5.41) is 3.83. The molecule has 1 aromatic heterocycles. The molecule has 1 aliphatic carbocycles. The minimum atomic E-state index is -0.376. The zero-order chi connectivity index (χ0) is 12.8. The first-order chi connectivity index (χ1) is 8.83. The molecule has 0 aromatic carbocycles. The summed E-state index contributed by atoms with van der Waals surface area (Å²) < 4.78 is 15.5. The van der Waals surface area contributed by atoms with Gasteiger partial charge in [0, 0.05) is 31.6 Å². The van der Waals surface area contributed by atoms with Crippen molar-refractivity contribution < 1.29 is 18.8 Å². The zero-order valence-electron chi connectivity index (χ0n) is 10.7.